The van der Waals surface area contributed by atoms with Crippen molar-refractivity contribution in [3.63, 3.8) is 0 Å². The van der Waals surface area contributed by atoms with Gasteiger partial charge in [0, 0.05) is 16.1 Å². The topological polar surface area (TPSA) is 94.3 Å². The fourth-order valence-corrected chi connectivity index (χ4v) is 2.62. The highest BCUT2D eigenvalue weighted by atomic mass is 35.5. The highest BCUT2D eigenvalue weighted by Gasteiger charge is 2.13. The largest absolute Gasteiger partial charge is 0.454 e. The number of halogens is 1. The van der Waals surface area contributed by atoms with Crippen LogP contribution in [0.15, 0.2) is 53.1 Å². The van der Waals surface area contributed by atoms with Crippen LogP contribution in [0.2, 0.25) is 5.02 Å². The fraction of sp³-hybridized carbons (Fsp3) is 0.238. The van der Waals surface area contributed by atoms with E-state index < -0.39 is 11.9 Å². The van der Waals surface area contributed by atoms with Crippen molar-refractivity contribution >= 4 is 23.5 Å². The van der Waals surface area contributed by atoms with Crippen molar-refractivity contribution < 1.29 is 18.8 Å². The van der Waals surface area contributed by atoms with Crippen LogP contribution in [0.1, 0.15) is 41.6 Å². The minimum absolute atomic E-state index is 0.172. The maximum Gasteiger partial charge on any atom is 0.325 e. The molecule has 7 nitrogen and oxygen atoms in total. The maximum absolute atomic E-state index is 12.0. The Labute approximate surface area is 173 Å². The van der Waals surface area contributed by atoms with Crippen LogP contribution in [0.3, 0.4) is 0 Å². The van der Waals surface area contributed by atoms with Crippen LogP contribution in [0.25, 0.3) is 11.4 Å². The van der Waals surface area contributed by atoms with Gasteiger partial charge in [-0.2, -0.15) is 4.98 Å². The fourth-order valence-electron chi connectivity index (χ4n) is 2.50. The second-order valence-corrected chi connectivity index (χ2v) is 7.08. The molecule has 3 rings (SSSR count). The van der Waals surface area contributed by atoms with Gasteiger partial charge in [0.15, 0.2) is 6.61 Å². The van der Waals surface area contributed by atoms with Crippen LogP contribution in [-0.2, 0) is 16.1 Å². The summed E-state index contributed by atoms with van der Waals surface area (Å²) in [5.74, 6) is 0.00840. The molecule has 1 N–H and O–H groups in total. The number of aromatic nitrogens is 2. The quantitative estimate of drug-likeness (QED) is 0.588. The molecule has 1 aromatic heterocycles. The molecule has 0 spiro atoms. The van der Waals surface area contributed by atoms with E-state index >= 15 is 0 Å². The third-order valence-electron chi connectivity index (χ3n) is 4.16. The molecule has 0 fully saturated rings. The van der Waals surface area contributed by atoms with E-state index in [1.807, 2.05) is 24.3 Å². The molecular weight excluding hydrogens is 394 g/mol. The summed E-state index contributed by atoms with van der Waals surface area (Å²) in [7, 11) is 0. The van der Waals surface area contributed by atoms with Crippen LogP contribution >= 0.6 is 11.6 Å². The average molecular weight is 414 g/mol. The minimum atomic E-state index is -0.617. The SMILES string of the molecule is CC(C)c1ccc(-c2noc(COC(=O)CNC(=O)c3ccc(Cl)cc3)n2)cc1. The second kappa shape index (κ2) is 9.34. The standard InChI is InChI=1S/C21H20ClN3O4/c1-13(2)14-3-5-15(6-4-14)20-24-18(29-25-20)12-28-19(26)11-23-21(27)16-7-9-17(22)10-8-16/h3-10,13H,11-12H2,1-2H3,(H,23,27). The molecule has 0 aliphatic rings. The Kier molecular flexibility index (Phi) is 6.61. The number of amides is 1. The van der Waals surface area contributed by atoms with Crippen LogP contribution in [0, 0.1) is 0 Å². The first-order valence-electron chi connectivity index (χ1n) is 9.04. The number of nitrogens with zero attached hydrogens (tertiary/aromatic N) is 2. The predicted octanol–water partition coefficient (Wildman–Crippen LogP) is 3.99. The summed E-state index contributed by atoms with van der Waals surface area (Å²) in [6.07, 6.45) is 0. The number of ether oxygens (including phenoxy) is 1. The van der Waals surface area contributed by atoms with E-state index in [4.69, 9.17) is 20.9 Å². The zero-order valence-electron chi connectivity index (χ0n) is 16.0. The zero-order chi connectivity index (χ0) is 20.8. The molecule has 0 saturated heterocycles. The van der Waals surface area contributed by atoms with Crippen molar-refractivity contribution in [3.05, 3.63) is 70.6 Å². The summed E-state index contributed by atoms with van der Waals surface area (Å²) >= 11 is 5.78. The molecule has 2 aromatic carbocycles. The molecule has 0 bridgehead atoms. The van der Waals surface area contributed by atoms with E-state index in [2.05, 4.69) is 29.3 Å². The summed E-state index contributed by atoms with van der Waals surface area (Å²) in [6.45, 7) is 3.78. The molecule has 0 aliphatic carbocycles. The summed E-state index contributed by atoms with van der Waals surface area (Å²) in [6, 6.07) is 14.2. The third-order valence-corrected chi connectivity index (χ3v) is 4.41. The number of rotatable bonds is 7. The first-order chi connectivity index (χ1) is 13.9. The summed E-state index contributed by atoms with van der Waals surface area (Å²) in [5.41, 5.74) is 2.42. The summed E-state index contributed by atoms with van der Waals surface area (Å²) < 4.78 is 10.2. The number of benzene rings is 2. The lowest BCUT2D eigenvalue weighted by atomic mass is 10.0. The van der Waals surface area contributed by atoms with Gasteiger partial charge in [-0.15, -0.1) is 0 Å². The van der Waals surface area contributed by atoms with Crippen molar-refractivity contribution in [1.29, 1.82) is 0 Å². The predicted molar refractivity (Wildman–Crippen MR) is 107 cm³/mol. The van der Waals surface area contributed by atoms with Gasteiger partial charge in [-0.25, -0.2) is 0 Å². The number of esters is 1. The van der Waals surface area contributed by atoms with Gasteiger partial charge >= 0.3 is 5.97 Å². The first kappa shape index (κ1) is 20.5. The minimum Gasteiger partial charge on any atom is -0.454 e. The van der Waals surface area contributed by atoms with Crippen molar-refractivity contribution in [2.24, 2.45) is 0 Å². The molecule has 0 atom stereocenters. The normalized spacial score (nSPS) is 10.8. The Bertz CT molecular complexity index is 982. The van der Waals surface area contributed by atoms with Crippen LogP contribution in [0.5, 0.6) is 0 Å². The first-order valence-corrected chi connectivity index (χ1v) is 9.42. The van der Waals surface area contributed by atoms with E-state index in [0.29, 0.717) is 22.3 Å². The van der Waals surface area contributed by atoms with Crippen LogP contribution < -0.4 is 5.32 Å². The van der Waals surface area contributed by atoms with Gasteiger partial charge in [0.2, 0.25) is 5.82 Å². The third kappa shape index (κ3) is 5.65. The number of carbonyl (C=O) groups excluding carboxylic acids is 2. The van der Waals surface area contributed by atoms with Crippen LogP contribution in [-0.4, -0.2) is 28.6 Å². The van der Waals surface area contributed by atoms with Crippen LogP contribution in [0.4, 0.5) is 0 Å². The van der Waals surface area contributed by atoms with Gasteiger partial charge in [0.25, 0.3) is 11.8 Å². The molecule has 29 heavy (non-hydrogen) atoms. The van der Waals surface area contributed by atoms with Crippen molar-refractivity contribution in [1.82, 2.24) is 15.5 Å². The number of hydrogen-bond donors (Lipinski definition) is 1. The van der Waals surface area contributed by atoms with Gasteiger partial charge < -0.3 is 14.6 Å². The van der Waals surface area contributed by atoms with E-state index in [1.54, 1.807) is 24.3 Å². The summed E-state index contributed by atoms with van der Waals surface area (Å²) in [4.78, 5) is 28.0. The molecule has 0 unspecified atom stereocenters. The molecule has 8 heteroatoms. The second-order valence-electron chi connectivity index (χ2n) is 6.64. The number of carbonyl (C=O) groups is 2. The zero-order valence-corrected chi connectivity index (χ0v) is 16.8. The lowest BCUT2D eigenvalue weighted by molar-refractivity contribution is -0.144. The highest BCUT2D eigenvalue weighted by molar-refractivity contribution is 6.30. The van der Waals surface area contributed by atoms with Gasteiger partial charge in [0.05, 0.1) is 0 Å². The number of hydrogen-bond acceptors (Lipinski definition) is 6. The molecule has 150 valence electrons. The molecule has 0 saturated carbocycles. The smallest absolute Gasteiger partial charge is 0.325 e. The Morgan fingerprint density at radius 2 is 1.79 bits per heavy atom. The molecule has 0 radical (unpaired) electrons. The summed E-state index contributed by atoms with van der Waals surface area (Å²) in [5, 5.41) is 6.90. The van der Waals surface area contributed by atoms with E-state index in [0.717, 1.165) is 5.56 Å². The van der Waals surface area contributed by atoms with Crippen molar-refractivity contribution in [2.75, 3.05) is 6.54 Å². The monoisotopic (exact) mass is 413 g/mol. The van der Waals surface area contributed by atoms with Gasteiger partial charge in [-0.1, -0.05) is 54.9 Å². The Morgan fingerprint density at radius 3 is 2.45 bits per heavy atom. The maximum atomic E-state index is 12.0. The molecule has 0 aliphatic heterocycles. The van der Waals surface area contributed by atoms with Crippen molar-refractivity contribution in [2.45, 2.75) is 26.4 Å². The van der Waals surface area contributed by atoms with Gasteiger partial charge in [0.1, 0.15) is 6.54 Å². The molecule has 1 amide bonds. The lowest BCUT2D eigenvalue weighted by Gasteiger charge is -2.05. The van der Waals surface area contributed by atoms with E-state index in [9.17, 15) is 9.59 Å². The lowest BCUT2D eigenvalue weighted by Crippen LogP contribution is -2.30. The number of nitrogens with one attached hydrogen (secondary N) is 1. The highest BCUT2D eigenvalue weighted by Crippen LogP contribution is 2.20. The Balaban J connectivity index is 1.48. The molecule has 1 heterocycles. The van der Waals surface area contributed by atoms with Gasteiger partial charge in [-0.05, 0) is 35.7 Å². The van der Waals surface area contributed by atoms with Gasteiger partial charge in [-0.3, -0.25) is 9.59 Å². The molecular formula is C21H20ClN3O4. The Morgan fingerprint density at radius 1 is 1.10 bits per heavy atom. The molecule has 3 aromatic rings. The average Bonchev–Trinajstić information content (AvgIpc) is 3.20. The van der Waals surface area contributed by atoms with E-state index in [-0.39, 0.29) is 19.0 Å². The Hall–Kier alpha value is -3.19. The van der Waals surface area contributed by atoms with E-state index in [1.165, 1.54) is 5.56 Å². The van der Waals surface area contributed by atoms with Crippen molar-refractivity contribution in [3.8, 4) is 11.4 Å².